The van der Waals surface area contributed by atoms with Crippen LogP contribution in [0.3, 0.4) is 0 Å². The molecule has 47 heavy (non-hydrogen) atoms. The third-order valence-corrected chi connectivity index (χ3v) is 9.11. The zero-order valence-corrected chi connectivity index (χ0v) is 28.4. The third-order valence-electron chi connectivity index (χ3n) is 9.11. The van der Waals surface area contributed by atoms with Gasteiger partial charge in [-0.3, -0.25) is 9.69 Å². The van der Waals surface area contributed by atoms with Crippen molar-refractivity contribution in [3.63, 3.8) is 0 Å². The summed E-state index contributed by atoms with van der Waals surface area (Å²) in [6.07, 6.45) is 4.24. The molecule has 3 amide bonds. The summed E-state index contributed by atoms with van der Waals surface area (Å²) in [5, 5.41) is 9.60. The van der Waals surface area contributed by atoms with E-state index in [1.165, 1.54) is 4.90 Å². The molecular weight excluding hydrogens is 598 g/mol. The minimum absolute atomic E-state index is 0.0566. The lowest BCUT2D eigenvalue weighted by atomic mass is 9.90. The Morgan fingerprint density at radius 2 is 1.66 bits per heavy atom. The van der Waals surface area contributed by atoms with Crippen LogP contribution < -0.4 is 4.74 Å². The highest BCUT2D eigenvalue weighted by atomic mass is 16.6. The van der Waals surface area contributed by atoms with Crippen molar-refractivity contribution in [3.8, 4) is 23.1 Å². The largest absolute Gasteiger partial charge is 0.474 e. The summed E-state index contributed by atoms with van der Waals surface area (Å²) in [5.41, 5.74) is 3.05. The van der Waals surface area contributed by atoms with Crippen molar-refractivity contribution in [3.05, 3.63) is 47.7 Å². The zero-order chi connectivity index (χ0) is 33.9. The summed E-state index contributed by atoms with van der Waals surface area (Å²) >= 11 is 0. The van der Waals surface area contributed by atoms with Gasteiger partial charge < -0.3 is 24.0 Å². The fraction of sp³-hybridized carbons (Fsp3) is 0.583. The molecule has 5 rings (SSSR count). The van der Waals surface area contributed by atoms with Crippen molar-refractivity contribution in [2.45, 2.75) is 110 Å². The van der Waals surface area contributed by atoms with Gasteiger partial charge in [-0.1, -0.05) is 12.1 Å². The Kier molecular flexibility index (Phi) is 10.3. The van der Waals surface area contributed by atoms with Crippen molar-refractivity contribution in [1.82, 2.24) is 19.7 Å². The molecule has 2 aromatic rings. The fourth-order valence-corrected chi connectivity index (χ4v) is 6.59. The van der Waals surface area contributed by atoms with E-state index in [9.17, 15) is 19.6 Å². The van der Waals surface area contributed by atoms with Gasteiger partial charge >= 0.3 is 12.2 Å². The van der Waals surface area contributed by atoms with Crippen LogP contribution in [0.15, 0.2) is 36.5 Å². The first-order valence-electron chi connectivity index (χ1n) is 16.7. The first-order valence-corrected chi connectivity index (χ1v) is 16.7. The van der Waals surface area contributed by atoms with E-state index >= 15 is 0 Å². The normalized spacial score (nSPS) is 20.8. The van der Waals surface area contributed by atoms with Crippen LogP contribution in [0.4, 0.5) is 9.59 Å². The van der Waals surface area contributed by atoms with Crippen LogP contribution in [0.2, 0.25) is 0 Å². The number of nitriles is 1. The Morgan fingerprint density at radius 3 is 2.30 bits per heavy atom. The average molecular weight is 646 g/mol. The number of carbonyl (C=O) groups is 3. The SMILES string of the molecule is CC(C)OC(=O)N1CCC([C@H](C)Oc2ccc(-c3ccc4c(c3)CN(C(=O)OC(C)(C)C)[C@H](C(=O)N3CCC[C@H]3C#N)C4)cn2)CC1. The summed E-state index contributed by atoms with van der Waals surface area (Å²) < 4.78 is 17.3. The number of nitrogens with zero attached hydrogens (tertiary/aromatic N) is 5. The number of fused-ring (bicyclic) bond motifs is 1. The van der Waals surface area contributed by atoms with Crippen molar-refractivity contribution < 1.29 is 28.6 Å². The Morgan fingerprint density at radius 1 is 0.936 bits per heavy atom. The summed E-state index contributed by atoms with van der Waals surface area (Å²) in [5.74, 6) is 0.638. The molecule has 1 aromatic heterocycles. The number of piperidine rings is 1. The summed E-state index contributed by atoms with van der Waals surface area (Å²) in [4.78, 5) is 48.8. The van der Waals surface area contributed by atoms with Crippen molar-refractivity contribution >= 4 is 18.1 Å². The van der Waals surface area contributed by atoms with Crippen LogP contribution in [0.1, 0.15) is 78.4 Å². The molecule has 0 saturated carbocycles. The van der Waals surface area contributed by atoms with Gasteiger partial charge in [-0.25, -0.2) is 14.6 Å². The minimum atomic E-state index is -0.738. The number of amides is 3. The van der Waals surface area contributed by atoms with Gasteiger partial charge in [0.05, 0.1) is 18.7 Å². The molecule has 11 nitrogen and oxygen atoms in total. The number of ether oxygens (including phenoxy) is 3. The Bertz CT molecular complexity index is 1490. The van der Waals surface area contributed by atoms with Crippen LogP contribution in [-0.2, 0) is 27.2 Å². The standard InChI is InChI=1S/C36H47N5O6/c1-23(2)45-34(43)39-16-13-25(14-17-39)24(3)46-32-12-11-28(21-38-32)26-9-10-27-19-31(33(42)40-15-7-8-30(40)20-37)41(22-29(27)18-26)35(44)47-36(4,5)6/h9-12,18,21,23-25,30-31H,7-8,13-17,19,22H2,1-6H3/t24-,30-,31-/m0/s1. The van der Waals surface area contributed by atoms with Gasteiger partial charge in [0.15, 0.2) is 0 Å². The van der Waals surface area contributed by atoms with Crippen LogP contribution in [0.5, 0.6) is 5.88 Å². The topological polar surface area (TPSA) is 125 Å². The third kappa shape index (κ3) is 8.16. The fourth-order valence-electron chi connectivity index (χ4n) is 6.59. The lowest BCUT2D eigenvalue weighted by Crippen LogP contribution is -2.55. The number of benzene rings is 1. The molecule has 3 atom stereocenters. The predicted molar refractivity (Wildman–Crippen MR) is 175 cm³/mol. The first-order chi connectivity index (χ1) is 22.3. The monoisotopic (exact) mass is 645 g/mol. The lowest BCUT2D eigenvalue weighted by Gasteiger charge is -2.39. The van der Waals surface area contributed by atoms with Gasteiger partial charge in [-0.2, -0.15) is 5.26 Å². The van der Waals surface area contributed by atoms with Crippen molar-refractivity contribution in [1.29, 1.82) is 5.26 Å². The average Bonchev–Trinajstić information content (AvgIpc) is 3.52. The molecule has 0 unspecified atom stereocenters. The van der Waals surface area contributed by atoms with Gasteiger partial charge in [0.2, 0.25) is 11.8 Å². The van der Waals surface area contributed by atoms with Gasteiger partial charge in [0.1, 0.15) is 23.8 Å². The van der Waals surface area contributed by atoms with Crippen molar-refractivity contribution in [2.75, 3.05) is 19.6 Å². The van der Waals surface area contributed by atoms with Gasteiger partial charge in [-0.15, -0.1) is 0 Å². The smallest absolute Gasteiger partial charge is 0.411 e. The van der Waals surface area contributed by atoms with Crippen LogP contribution in [-0.4, -0.2) is 87.3 Å². The molecule has 0 bridgehead atoms. The molecule has 0 N–H and O–H groups in total. The number of aromatic nitrogens is 1. The van der Waals surface area contributed by atoms with Crippen LogP contribution >= 0.6 is 0 Å². The predicted octanol–water partition coefficient (Wildman–Crippen LogP) is 5.95. The molecule has 1 aromatic carbocycles. The highest BCUT2D eigenvalue weighted by Gasteiger charge is 2.42. The molecule has 0 aliphatic carbocycles. The Hall–Kier alpha value is -4.33. The molecule has 0 radical (unpaired) electrons. The molecule has 3 aliphatic heterocycles. The number of rotatable bonds is 6. The molecule has 2 fully saturated rings. The maximum Gasteiger partial charge on any atom is 0.411 e. The highest BCUT2D eigenvalue weighted by molar-refractivity contribution is 5.87. The second kappa shape index (κ2) is 14.2. The maximum absolute atomic E-state index is 13.7. The molecular formula is C36H47N5O6. The van der Waals surface area contributed by atoms with E-state index < -0.39 is 23.8 Å². The molecule has 0 spiro atoms. The Labute approximate surface area is 277 Å². The second-order valence-corrected chi connectivity index (χ2v) is 14.1. The lowest BCUT2D eigenvalue weighted by molar-refractivity contribution is -0.137. The highest BCUT2D eigenvalue weighted by Crippen LogP contribution is 2.32. The van der Waals surface area contributed by atoms with Crippen molar-refractivity contribution in [2.24, 2.45) is 5.92 Å². The summed E-state index contributed by atoms with van der Waals surface area (Å²) in [7, 11) is 0. The summed E-state index contributed by atoms with van der Waals surface area (Å²) in [6, 6.07) is 10.9. The molecule has 3 aliphatic rings. The van der Waals surface area contributed by atoms with E-state index in [2.05, 4.69) is 11.1 Å². The summed E-state index contributed by atoms with van der Waals surface area (Å²) in [6.45, 7) is 13.2. The van der Waals surface area contributed by atoms with E-state index in [0.717, 1.165) is 41.5 Å². The first kappa shape index (κ1) is 34.0. The van der Waals surface area contributed by atoms with Gasteiger partial charge in [-0.05, 0) is 102 Å². The number of hydrogen-bond donors (Lipinski definition) is 0. The molecule has 4 heterocycles. The number of hydrogen-bond acceptors (Lipinski definition) is 8. The van der Waals surface area contributed by atoms with Crippen LogP contribution in [0, 0.1) is 17.2 Å². The second-order valence-electron chi connectivity index (χ2n) is 14.1. The van der Waals surface area contributed by atoms with Crippen LogP contribution in [0.25, 0.3) is 11.1 Å². The van der Waals surface area contributed by atoms with E-state index in [0.29, 0.717) is 44.3 Å². The molecule has 11 heteroatoms. The van der Waals surface area contributed by atoms with E-state index in [1.807, 2.05) is 51.1 Å². The quantitative estimate of drug-likeness (QED) is 0.378. The number of pyridine rings is 1. The number of likely N-dealkylation sites (tertiary alicyclic amines) is 2. The Balaban J connectivity index is 1.26. The minimum Gasteiger partial charge on any atom is -0.474 e. The van der Waals surface area contributed by atoms with E-state index in [1.54, 1.807) is 36.8 Å². The zero-order valence-electron chi connectivity index (χ0n) is 28.4. The van der Waals surface area contributed by atoms with Gasteiger partial charge in [0, 0.05) is 43.9 Å². The maximum atomic E-state index is 13.7. The molecule has 252 valence electrons. The van der Waals surface area contributed by atoms with E-state index in [-0.39, 0.29) is 30.8 Å². The molecule has 2 saturated heterocycles. The van der Waals surface area contributed by atoms with E-state index in [4.69, 9.17) is 14.2 Å². The van der Waals surface area contributed by atoms with Gasteiger partial charge in [0.25, 0.3) is 0 Å². The number of carbonyl (C=O) groups excluding carboxylic acids is 3.